The normalized spacial score (nSPS) is 11.5. The molecule has 0 fully saturated rings. The van der Waals surface area contributed by atoms with Crippen LogP contribution >= 0.6 is 34.8 Å². The zero-order chi connectivity index (χ0) is 20.9. The van der Waals surface area contributed by atoms with Gasteiger partial charge in [-0.25, -0.2) is 8.42 Å². The van der Waals surface area contributed by atoms with Crippen LogP contribution in [0.2, 0.25) is 15.1 Å². The number of nitrogens with one attached hydrogen (secondary N) is 1. The number of carbonyl (C=O) groups is 1. The maximum atomic E-state index is 12.8. The van der Waals surface area contributed by atoms with Gasteiger partial charge in [-0.3, -0.25) is 4.79 Å². The van der Waals surface area contributed by atoms with Gasteiger partial charge < -0.3 is 10.1 Å². The Hall–Kier alpha value is -1.51. The third kappa shape index (κ3) is 5.75. The maximum absolute atomic E-state index is 12.8. The molecule has 28 heavy (non-hydrogen) atoms. The summed E-state index contributed by atoms with van der Waals surface area (Å²) in [7, 11) is -3.82. The molecule has 0 saturated heterocycles. The highest BCUT2D eigenvalue weighted by molar-refractivity contribution is 7.89. The van der Waals surface area contributed by atoms with Gasteiger partial charge in [0.25, 0.3) is 5.91 Å². The minimum atomic E-state index is -3.82. The van der Waals surface area contributed by atoms with Crippen molar-refractivity contribution in [2.24, 2.45) is 0 Å². The van der Waals surface area contributed by atoms with Gasteiger partial charge in [0.15, 0.2) is 6.61 Å². The first-order valence-electron chi connectivity index (χ1n) is 8.35. The van der Waals surface area contributed by atoms with E-state index in [4.69, 9.17) is 39.5 Å². The number of nitrogens with zero attached hydrogens (tertiary/aromatic N) is 1. The van der Waals surface area contributed by atoms with E-state index in [1.165, 1.54) is 40.7 Å². The lowest BCUT2D eigenvalue weighted by molar-refractivity contribution is -0.118. The van der Waals surface area contributed by atoms with Crippen LogP contribution in [0.3, 0.4) is 0 Å². The summed E-state index contributed by atoms with van der Waals surface area (Å²) < 4.78 is 32.4. The fourth-order valence-electron chi connectivity index (χ4n) is 2.47. The molecule has 2 rings (SSSR count). The quantitative estimate of drug-likeness (QED) is 0.613. The number of amides is 1. The van der Waals surface area contributed by atoms with E-state index >= 15 is 0 Å². The molecule has 0 spiro atoms. The molecule has 152 valence electrons. The summed E-state index contributed by atoms with van der Waals surface area (Å²) in [5.41, 5.74) is 0.401. The molecule has 0 unspecified atom stereocenters. The molecule has 0 aliphatic heterocycles. The molecule has 0 atom stereocenters. The molecule has 6 nitrogen and oxygen atoms in total. The van der Waals surface area contributed by atoms with Crippen molar-refractivity contribution in [1.29, 1.82) is 0 Å². The second-order valence-electron chi connectivity index (χ2n) is 5.68. The Morgan fingerprint density at radius 2 is 1.61 bits per heavy atom. The van der Waals surface area contributed by atoms with E-state index in [0.717, 1.165) is 0 Å². The fraction of sp³-hybridized carbons (Fsp3) is 0.278. The number of halogens is 3. The van der Waals surface area contributed by atoms with Crippen LogP contribution < -0.4 is 10.1 Å². The lowest BCUT2D eigenvalue weighted by Crippen LogP contribution is -2.31. The highest BCUT2D eigenvalue weighted by Gasteiger charge is 2.26. The van der Waals surface area contributed by atoms with Crippen molar-refractivity contribution in [2.75, 3.05) is 25.0 Å². The first-order chi connectivity index (χ1) is 13.2. The van der Waals surface area contributed by atoms with Crippen LogP contribution in [0, 0.1) is 0 Å². The van der Waals surface area contributed by atoms with Crippen LogP contribution in [0.5, 0.6) is 5.75 Å². The monoisotopic (exact) mass is 464 g/mol. The van der Waals surface area contributed by atoms with E-state index in [9.17, 15) is 13.2 Å². The molecular weight excluding hydrogens is 447 g/mol. The third-order valence-corrected chi connectivity index (χ3v) is 6.48. The molecule has 0 bridgehead atoms. The standard InChI is InChI=1S/C18H19Cl3N2O4S/c1-3-23(4-2)28(25,26)17-10-12(19)5-6-16(17)27-11-18(24)22-15-8-13(20)7-14(21)9-15/h5-10H,3-4,11H2,1-2H3,(H,22,24). The average Bonchev–Trinajstić information content (AvgIpc) is 2.60. The zero-order valence-corrected chi connectivity index (χ0v) is 18.3. The Kier molecular flexibility index (Phi) is 7.97. The van der Waals surface area contributed by atoms with Crippen LogP contribution in [0.1, 0.15) is 13.8 Å². The number of anilines is 1. The van der Waals surface area contributed by atoms with Gasteiger partial charge in [-0.15, -0.1) is 0 Å². The minimum absolute atomic E-state index is 0.0376. The first kappa shape index (κ1) is 22.8. The molecule has 1 N–H and O–H groups in total. The van der Waals surface area contributed by atoms with Crippen LogP contribution in [-0.4, -0.2) is 38.3 Å². The van der Waals surface area contributed by atoms with Crippen molar-refractivity contribution in [3.8, 4) is 5.75 Å². The molecule has 0 aromatic heterocycles. The summed E-state index contributed by atoms with van der Waals surface area (Å²) >= 11 is 17.8. The average molecular weight is 466 g/mol. The van der Waals surface area contributed by atoms with Crippen molar-refractivity contribution >= 4 is 56.4 Å². The number of carbonyl (C=O) groups excluding carboxylic acids is 1. The number of hydrogen-bond donors (Lipinski definition) is 1. The highest BCUT2D eigenvalue weighted by atomic mass is 35.5. The van der Waals surface area contributed by atoms with E-state index in [0.29, 0.717) is 28.8 Å². The SMILES string of the molecule is CCN(CC)S(=O)(=O)c1cc(Cl)ccc1OCC(=O)Nc1cc(Cl)cc(Cl)c1. The first-order valence-corrected chi connectivity index (χ1v) is 10.9. The Morgan fingerprint density at radius 3 is 2.18 bits per heavy atom. The molecule has 0 aliphatic rings. The number of rotatable bonds is 8. The predicted octanol–water partition coefficient (Wildman–Crippen LogP) is 4.69. The van der Waals surface area contributed by atoms with Gasteiger partial charge in [-0.2, -0.15) is 4.31 Å². The summed E-state index contributed by atoms with van der Waals surface area (Å²) in [6, 6.07) is 8.81. The van der Waals surface area contributed by atoms with Gasteiger partial charge in [-0.1, -0.05) is 48.7 Å². The molecule has 1 amide bonds. The second-order valence-corrected chi connectivity index (χ2v) is 8.89. The van der Waals surface area contributed by atoms with Crippen LogP contribution in [-0.2, 0) is 14.8 Å². The third-order valence-electron chi connectivity index (χ3n) is 3.73. The smallest absolute Gasteiger partial charge is 0.262 e. The van der Waals surface area contributed by atoms with Crippen LogP contribution in [0.25, 0.3) is 0 Å². The van der Waals surface area contributed by atoms with Crippen molar-refractivity contribution in [2.45, 2.75) is 18.7 Å². The van der Waals surface area contributed by atoms with E-state index in [1.54, 1.807) is 13.8 Å². The summed E-state index contributed by atoms with van der Waals surface area (Å²) in [4.78, 5) is 12.1. The molecule has 2 aromatic carbocycles. The topological polar surface area (TPSA) is 75.7 Å². The lowest BCUT2D eigenvalue weighted by Gasteiger charge is -2.20. The molecule has 10 heteroatoms. The summed E-state index contributed by atoms with van der Waals surface area (Å²) in [6.07, 6.45) is 0. The van der Waals surface area contributed by atoms with Gasteiger partial charge in [0.1, 0.15) is 10.6 Å². The Morgan fingerprint density at radius 1 is 1.00 bits per heavy atom. The fourth-order valence-corrected chi connectivity index (χ4v) is 4.85. The largest absolute Gasteiger partial charge is 0.482 e. The maximum Gasteiger partial charge on any atom is 0.262 e. The molecule has 0 aliphatic carbocycles. The van der Waals surface area contributed by atoms with Gasteiger partial charge in [0, 0.05) is 33.8 Å². The summed E-state index contributed by atoms with van der Waals surface area (Å²) in [5, 5.41) is 3.58. The predicted molar refractivity (Wildman–Crippen MR) is 112 cm³/mol. The van der Waals surface area contributed by atoms with Crippen LogP contribution in [0.15, 0.2) is 41.3 Å². The number of ether oxygens (including phenoxy) is 1. The molecule has 0 radical (unpaired) electrons. The molecular formula is C18H19Cl3N2O4S. The zero-order valence-electron chi connectivity index (χ0n) is 15.2. The van der Waals surface area contributed by atoms with Gasteiger partial charge in [-0.05, 0) is 36.4 Å². The number of sulfonamides is 1. The van der Waals surface area contributed by atoms with E-state index in [1.807, 2.05) is 0 Å². The van der Waals surface area contributed by atoms with Gasteiger partial charge in [0.2, 0.25) is 10.0 Å². The van der Waals surface area contributed by atoms with Crippen LogP contribution in [0.4, 0.5) is 5.69 Å². The summed E-state index contributed by atoms with van der Waals surface area (Å²) in [5.74, 6) is -0.463. The highest BCUT2D eigenvalue weighted by Crippen LogP contribution is 2.30. The Bertz CT molecular complexity index is 943. The van der Waals surface area contributed by atoms with E-state index < -0.39 is 22.5 Å². The van der Waals surface area contributed by atoms with Crippen molar-refractivity contribution < 1.29 is 17.9 Å². The van der Waals surface area contributed by atoms with E-state index in [-0.39, 0.29) is 15.7 Å². The van der Waals surface area contributed by atoms with Gasteiger partial charge in [0.05, 0.1) is 0 Å². The Labute approximate surface area is 179 Å². The Balaban J connectivity index is 2.19. The van der Waals surface area contributed by atoms with E-state index in [2.05, 4.69) is 5.32 Å². The number of benzene rings is 2. The van der Waals surface area contributed by atoms with Crippen molar-refractivity contribution in [3.05, 3.63) is 51.5 Å². The second kappa shape index (κ2) is 9.80. The van der Waals surface area contributed by atoms with Crippen molar-refractivity contribution in [1.82, 2.24) is 4.31 Å². The molecule has 0 heterocycles. The van der Waals surface area contributed by atoms with Gasteiger partial charge >= 0.3 is 0 Å². The molecule has 2 aromatic rings. The minimum Gasteiger partial charge on any atom is -0.482 e. The summed E-state index contributed by atoms with van der Waals surface area (Å²) in [6.45, 7) is 3.64. The number of hydrogen-bond acceptors (Lipinski definition) is 4. The van der Waals surface area contributed by atoms with Crippen molar-refractivity contribution in [3.63, 3.8) is 0 Å². The lowest BCUT2D eigenvalue weighted by atomic mass is 10.3. The molecule has 0 saturated carbocycles.